The van der Waals surface area contributed by atoms with Crippen molar-refractivity contribution in [3.05, 3.63) is 34.2 Å². The number of amides is 1. The number of aromatic nitrogens is 1. The Kier molecular flexibility index (Phi) is 4.75. The highest BCUT2D eigenvalue weighted by molar-refractivity contribution is 7.16. The second-order valence-corrected chi connectivity index (χ2v) is 10.7. The smallest absolute Gasteiger partial charge is 0.232 e. The molecule has 0 atom stereocenters. The molecule has 0 radical (unpaired) electrons. The quantitative estimate of drug-likeness (QED) is 0.601. The molecule has 1 aromatic carbocycles. The van der Waals surface area contributed by atoms with E-state index in [4.69, 9.17) is 16.6 Å². The first kappa shape index (κ1) is 18.6. The number of carbonyl (C=O) groups excluding carboxylic acids is 1. The van der Waals surface area contributed by atoms with E-state index in [9.17, 15) is 4.79 Å². The number of nitrogens with zero attached hydrogens (tertiary/aromatic N) is 1. The first-order valence-electron chi connectivity index (χ1n) is 10.6. The summed E-state index contributed by atoms with van der Waals surface area (Å²) in [4.78, 5) is 19.4. The average Bonchev–Trinajstić information content (AvgIpc) is 3.04. The van der Waals surface area contributed by atoms with Gasteiger partial charge in [0.05, 0.1) is 11.1 Å². The molecule has 5 heteroatoms. The Labute approximate surface area is 175 Å². The lowest BCUT2D eigenvalue weighted by molar-refractivity contribution is -0.140. The molecule has 4 aliphatic rings. The largest absolute Gasteiger partial charge is 0.301 e. The number of benzene rings is 1. The standard InChI is InChI=1S/C23H27ClN2OS/c1-2-3-19-20(17-4-6-18(24)7-5-17)25-22(28-19)26-21(27)23-11-14-8-15(12-23)10-16(9-14)13-23/h4-7,14-16H,2-3,8-13H2,1H3,(H,25,26,27). The first-order valence-corrected chi connectivity index (χ1v) is 11.8. The molecule has 4 saturated carbocycles. The summed E-state index contributed by atoms with van der Waals surface area (Å²) in [6.45, 7) is 2.18. The van der Waals surface area contributed by atoms with Crippen LogP contribution in [0.3, 0.4) is 0 Å². The zero-order valence-corrected chi connectivity index (χ0v) is 17.9. The first-order chi connectivity index (χ1) is 13.5. The molecule has 6 rings (SSSR count). The van der Waals surface area contributed by atoms with Gasteiger partial charge in [-0.2, -0.15) is 0 Å². The van der Waals surface area contributed by atoms with Crippen molar-refractivity contribution in [2.75, 3.05) is 5.32 Å². The second kappa shape index (κ2) is 7.14. The van der Waals surface area contributed by atoms with Crippen molar-refractivity contribution in [3.8, 4) is 11.3 Å². The fourth-order valence-electron chi connectivity index (χ4n) is 6.25. The third-order valence-electron chi connectivity index (χ3n) is 7.03. The Morgan fingerprint density at radius 2 is 1.75 bits per heavy atom. The predicted octanol–water partition coefficient (Wildman–Crippen LogP) is 6.57. The summed E-state index contributed by atoms with van der Waals surface area (Å²) in [5, 5.41) is 4.73. The van der Waals surface area contributed by atoms with E-state index in [2.05, 4.69) is 12.2 Å². The Hall–Kier alpha value is -1.39. The fraction of sp³-hybridized carbons (Fsp3) is 0.565. The van der Waals surface area contributed by atoms with Gasteiger partial charge in [-0.15, -0.1) is 11.3 Å². The Balaban J connectivity index is 1.40. The monoisotopic (exact) mass is 414 g/mol. The highest BCUT2D eigenvalue weighted by Crippen LogP contribution is 2.60. The Morgan fingerprint density at radius 3 is 2.32 bits per heavy atom. The number of carbonyl (C=O) groups is 1. The highest BCUT2D eigenvalue weighted by atomic mass is 35.5. The van der Waals surface area contributed by atoms with Crippen molar-refractivity contribution >= 4 is 34.0 Å². The molecule has 1 aromatic heterocycles. The molecule has 2 aromatic rings. The number of halogens is 1. The molecule has 28 heavy (non-hydrogen) atoms. The van der Waals surface area contributed by atoms with Gasteiger partial charge < -0.3 is 5.32 Å². The van der Waals surface area contributed by atoms with Crippen molar-refractivity contribution in [2.24, 2.45) is 23.2 Å². The molecule has 0 spiro atoms. The maximum absolute atomic E-state index is 13.4. The number of aryl methyl sites for hydroxylation is 1. The molecule has 148 valence electrons. The van der Waals surface area contributed by atoms with Crippen LogP contribution >= 0.6 is 22.9 Å². The van der Waals surface area contributed by atoms with Crippen LogP contribution in [-0.2, 0) is 11.2 Å². The van der Waals surface area contributed by atoms with E-state index in [0.717, 1.165) is 71.3 Å². The van der Waals surface area contributed by atoms with Gasteiger partial charge >= 0.3 is 0 Å². The third-order valence-corrected chi connectivity index (χ3v) is 8.31. The molecule has 1 N–H and O–H groups in total. The van der Waals surface area contributed by atoms with Crippen LogP contribution in [0.15, 0.2) is 24.3 Å². The summed E-state index contributed by atoms with van der Waals surface area (Å²) in [5.74, 6) is 2.54. The summed E-state index contributed by atoms with van der Waals surface area (Å²) < 4.78 is 0. The second-order valence-electron chi connectivity index (χ2n) is 9.20. The van der Waals surface area contributed by atoms with Gasteiger partial charge in [-0.05, 0) is 74.8 Å². The van der Waals surface area contributed by atoms with Gasteiger partial charge in [0.2, 0.25) is 5.91 Å². The van der Waals surface area contributed by atoms with Crippen LogP contribution in [0.4, 0.5) is 5.13 Å². The van der Waals surface area contributed by atoms with Crippen LogP contribution in [-0.4, -0.2) is 10.9 Å². The van der Waals surface area contributed by atoms with Gasteiger partial charge in [0.25, 0.3) is 0 Å². The number of nitrogens with one attached hydrogen (secondary N) is 1. The van der Waals surface area contributed by atoms with Gasteiger partial charge in [-0.3, -0.25) is 4.79 Å². The summed E-state index contributed by atoms with van der Waals surface area (Å²) >= 11 is 7.69. The Morgan fingerprint density at radius 1 is 1.14 bits per heavy atom. The molecule has 4 aliphatic carbocycles. The van der Waals surface area contributed by atoms with Crippen LogP contribution in [0.25, 0.3) is 11.3 Å². The minimum absolute atomic E-state index is 0.133. The van der Waals surface area contributed by atoms with E-state index in [1.807, 2.05) is 24.3 Å². The van der Waals surface area contributed by atoms with E-state index >= 15 is 0 Å². The highest BCUT2D eigenvalue weighted by Gasteiger charge is 2.54. The fourth-order valence-corrected chi connectivity index (χ4v) is 7.46. The predicted molar refractivity (Wildman–Crippen MR) is 116 cm³/mol. The van der Waals surface area contributed by atoms with Crippen molar-refractivity contribution < 1.29 is 4.79 Å². The number of thiazole rings is 1. The lowest BCUT2D eigenvalue weighted by atomic mass is 9.49. The van der Waals surface area contributed by atoms with E-state index in [0.29, 0.717) is 0 Å². The molecule has 0 unspecified atom stereocenters. The normalized spacial score (nSPS) is 30.6. The Bertz CT molecular complexity index is 853. The SMILES string of the molecule is CCCc1sc(NC(=O)C23CC4CC(CC(C4)C2)C3)nc1-c1ccc(Cl)cc1. The van der Waals surface area contributed by atoms with Gasteiger partial charge in [-0.25, -0.2) is 4.98 Å². The molecule has 1 heterocycles. The molecule has 4 bridgehead atoms. The molecule has 3 nitrogen and oxygen atoms in total. The summed E-state index contributed by atoms with van der Waals surface area (Å²) in [7, 11) is 0. The van der Waals surface area contributed by atoms with Crippen LogP contribution in [0, 0.1) is 23.2 Å². The molecule has 1 amide bonds. The molecule has 0 aliphatic heterocycles. The van der Waals surface area contributed by atoms with Gasteiger partial charge in [0.1, 0.15) is 0 Å². The van der Waals surface area contributed by atoms with Crippen molar-refractivity contribution in [3.63, 3.8) is 0 Å². The van der Waals surface area contributed by atoms with Gasteiger partial charge in [0.15, 0.2) is 5.13 Å². The summed E-state index contributed by atoms with van der Waals surface area (Å²) in [5.41, 5.74) is 1.93. The molecule has 4 fully saturated rings. The van der Waals surface area contributed by atoms with Crippen molar-refractivity contribution in [1.29, 1.82) is 0 Å². The van der Waals surface area contributed by atoms with Crippen molar-refractivity contribution in [1.82, 2.24) is 4.98 Å². The van der Waals surface area contributed by atoms with Crippen molar-refractivity contribution in [2.45, 2.75) is 58.3 Å². The number of rotatable bonds is 5. The maximum Gasteiger partial charge on any atom is 0.232 e. The van der Waals surface area contributed by atoms with E-state index in [1.165, 1.54) is 24.1 Å². The third kappa shape index (κ3) is 3.29. The zero-order chi connectivity index (χ0) is 19.3. The minimum atomic E-state index is -0.133. The number of hydrogen-bond donors (Lipinski definition) is 1. The topological polar surface area (TPSA) is 42.0 Å². The minimum Gasteiger partial charge on any atom is -0.301 e. The maximum atomic E-state index is 13.4. The number of anilines is 1. The zero-order valence-electron chi connectivity index (χ0n) is 16.3. The van der Waals surface area contributed by atoms with Crippen LogP contribution < -0.4 is 5.32 Å². The molecule has 0 saturated heterocycles. The molecular weight excluding hydrogens is 388 g/mol. The molecular formula is C23H27ClN2OS. The number of hydrogen-bond acceptors (Lipinski definition) is 3. The van der Waals surface area contributed by atoms with E-state index < -0.39 is 0 Å². The van der Waals surface area contributed by atoms with Gasteiger partial charge in [-0.1, -0.05) is 37.1 Å². The van der Waals surface area contributed by atoms with Crippen LogP contribution in [0.5, 0.6) is 0 Å². The average molecular weight is 415 g/mol. The summed E-state index contributed by atoms with van der Waals surface area (Å²) in [6.07, 6.45) is 9.35. The van der Waals surface area contributed by atoms with E-state index in [1.54, 1.807) is 11.3 Å². The van der Waals surface area contributed by atoms with Crippen LogP contribution in [0.1, 0.15) is 56.7 Å². The van der Waals surface area contributed by atoms with Gasteiger partial charge in [0, 0.05) is 15.5 Å². The van der Waals surface area contributed by atoms with Crippen LogP contribution in [0.2, 0.25) is 5.02 Å². The lowest BCUT2D eigenvalue weighted by Gasteiger charge is -2.55. The summed E-state index contributed by atoms with van der Waals surface area (Å²) in [6, 6.07) is 7.84. The van der Waals surface area contributed by atoms with E-state index in [-0.39, 0.29) is 11.3 Å². The lowest BCUT2D eigenvalue weighted by Crippen LogP contribution is -2.51.